The minimum Gasteiger partial charge on any atom is -0.285 e. The number of nitrogens with zero attached hydrogens (tertiary/aromatic N) is 2. The number of alkyl halides is 1. The zero-order valence-electron chi connectivity index (χ0n) is 9.02. The molecule has 0 aliphatic rings. The Labute approximate surface area is 96.1 Å². The fourth-order valence-electron chi connectivity index (χ4n) is 1.73. The molecule has 0 saturated carbocycles. The van der Waals surface area contributed by atoms with Crippen molar-refractivity contribution in [2.45, 2.75) is 18.3 Å². The highest BCUT2D eigenvalue weighted by molar-refractivity contribution is 6.20. The molecule has 0 amide bonds. The van der Waals surface area contributed by atoms with Gasteiger partial charge in [0.1, 0.15) is 0 Å². The zero-order chi connectivity index (χ0) is 11.3. The Bertz CT molecular complexity index is 329. The van der Waals surface area contributed by atoms with Gasteiger partial charge in [-0.25, -0.2) is 0 Å². The SMILES string of the molecule is C[C@@H](Cl)[C@@H](c1ccccc1)N(C)CC#N. The first-order valence-corrected chi connectivity index (χ1v) is 5.36. The Hall–Kier alpha value is -1.04. The van der Waals surface area contributed by atoms with Crippen molar-refractivity contribution in [3.05, 3.63) is 35.9 Å². The lowest BCUT2D eigenvalue weighted by Crippen LogP contribution is -2.30. The van der Waals surface area contributed by atoms with Crippen LogP contribution in [0.25, 0.3) is 0 Å². The molecule has 0 saturated heterocycles. The van der Waals surface area contributed by atoms with Crippen molar-refractivity contribution in [2.24, 2.45) is 0 Å². The normalized spacial score (nSPS) is 14.6. The maximum absolute atomic E-state index is 8.68. The standard InChI is InChI=1S/C12H15ClN2/c1-10(13)12(15(2)9-8-14)11-6-4-3-5-7-11/h3-7,10,12H,9H2,1-2H3/t10-,12+/m1/s1. The lowest BCUT2D eigenvalue weighted by atomic mass is 10.0. The molecule has 0 fully saturated rings. The van der Waals surface area contributed by atoms with E-state index in [1.54, 1.807) is 0 Å². The van der Waals surface area contributed by atoms with Gasteiger partial charge >= 0.3 is 0 Å². The van der Waals surface area contributed by atoms with Crippen molar-refractivity contribution in [1.29, 1.82) is 5.26 Å². The van der Waals surface area contributed by atoms with Crippen molar-refractivity contribution >= 4 is 11.6 Å². The van der Waals surface area contributed by atoms with Crippen LogP contribution in [0.1, 0.15) is 18.5 Å². The van der Waals surface area contributed by atoms with Gasteiger partial charge in [-0.05, 0) is 19.5 Å². The van der Waals surface area contributed by atoms with Crippen LogP contribution < -0.4 is 0 Å². The molecular formula is C12H15ClN2. The molecule has 0 bridgehead atoms. The predicted octanol–water partition coefficient (Wildman–Crippen LogP) is 2.81. The average molecular weight is 223 g/mol. The number of hydrogen-bond donors (Lipinski definition) is 0. The van der Waals surface area contributed by atoms with Gasteiger partial charge < -0.3 is 0 Å². The Kier molecular flexibility index (Phi) is 4.61. The summed E-state index contributed by atoms with van der Waals surface area (Å²) in [5.41, 5.74) is 1.15. The third kappa shape index (κ3) is 3.23. The first-order chi connectivity index (χ1) is 7.16. The Morgan fingerprint density at radius 3 is 2.47 bits per heavy atom. The van der Waals surface area contributed by atoms with Crippen LogP contribution in [-0.4, -0.2) is 23.9 Å². The van der Waals surface area contributed by atoms with Gasteiger partial charge in [0.15, 0.2) is 0 Å². The molecule has 1 aromatic rings. The van der Waals surface area contributed by atoms with Gasteiger partial charge in [-0.15, -0.1) is 11.6 Å². The highest BCUT2D eigenvalue weighted by atomic mass is 35.5. The molecule has 0 aliphatic heterocycles. The van der Waals surface area contributed by atoms with Crippen LogP contribution in [0.15, 0.2) is 30.3 Å². The van der Waals surface area contributed by atoms with Gasteiger partial charge in [0, 0.05) is 0 Å². The maximum atomic E-state index is 8.68. The van der Waals surface area contributed by atoms with Crippen molar-refractivity contribution in [1.82, 2.24) is 4.90 Å². The summed E-state index contributed by atoms with van der Waals surface area (Å²) in [5.74, 6) is 0. The minimum absolute atomic E-state index is 0.0225. The summed E-state index contributed by atoms with van der Waals surface area (Å²) < 4.78 is 0. The molecule has 2 atom stereocenters. The monoisotopic (exact) mass is 222 g/mol. The summed E-state index contributed by atoms with van der Waals surface area (Å²) in [7, 11) is 1.92. The van der Waals surface area contributed by atoms with E-state index in [4.69, 9.17) is 16.9 Å². The van der Waals surface area contributed by atoms with Gasteiger partial charge in [0.05, 0.1) is 24.0 Å². The van der Waals surface area contributed by atoms with Crippen LogP contribution in [0, 0.1) is 11.3 Å². The van der Waals surface area contributed by atoms with Crippen LogP contribution in [0.5, 0.6) is 0 Å². The number of rotatable bonds is 4. The number of halogens is 1. The smallest absolute Gasteiger partial charge is 0.0869 e. The van der Waals surface area contributed by atoms with Crippen LogP contribution in [-0.2, 0) is 0 Å². The van der Waals surface area contributed by atoms with E-state index in [9.17, 15) is 0 Å². The molecule has 3 heteroatoms. The lowest BCUT2D eigenvalue weighted by Gasteiger charge is -2.28. The van der Waals surface area contributed by atoms with E-state index < -0.39 is 0 Å². The fraction of sp³-hybridized carbons (Fsp3) is 0.417. The van der Waals surface area contributed by atoms with E-state index in [1.165, 1.54) is 0 Å². The summed E-state index contributed by atoms with van der Waals surface area (Å²) in [5, 5.41) is 8.66. The average Bonchev–Trinajstić information content (AvgIpc) is 2.19. The fourth-order valence-corrected chi connectivity index (χ4v) is 2.07. The summed E-state index contributed by atoms with van der Waals surface area (Å²) in [6.45, 7) is 2.34. The maximum Gasteiger partial charge on any atom is 0.0869 e. The van der Waals surface area contributed by atoms with Gasteiger partial charge in [0.2, 0.25) is 0 Å². The van der Waals surface area contributed by atoms with Crippen LogP contribution in [0.3, 0.4) is 0 Å². The van der Waals surface area contributed by atoms with E-state index in [2.05, 4.69) is 6.07 Å². The van der Waals surface area contributed by atoms with Crippen molar-refractivity contribution < 1.29 is 0 Å². The third-order valence-corrected chi connectivity index (χ3v) is 2.61. The van der Waals surface area contributed by atoms with Crippen molar-refractivity contribution in [2.75, 3.05) is 13.6 Å². The summed E-state index contributed by atoms with van der Waals surface area (Å²) in [4.78, 5) is 1.97. The molecule has 0 aromatic heterocycles. The summed E-state index contributed by atoms with van der Waals surface area (Å²) in [6.07, 6.45) is 0. The minimum atomic E-state index is -0.0225. The van der Waals surface area contributed by atoms with E-state index in [-0.39, 0.29) is 11.4 Å². The Balaban J connectivity index is 2.89. The second-order valence-electron chi connectivity index (χ2n) is 3.61. The lowest BCUT2D eigenvalue weighted by molar-refractivity contribution is 0.270. The molecule has 1 rings (SSSR count). The summed E-state index contributed by atoms with van der Waals surface area (Å²) >= 11 is 6.16. The topological polar surface area (TPSA) is 27.0 Å². The van der Waals surface area contributed by atoms with Gasteiger partial charge in [-0.1, -0.05) is 30.3 Å². The molecule has 80 valence electrons. The molecule has 0 spiro atoms. The molecule has 0 heterocycles. The van der Waals surface area contributed by atoms with Crippen molar-refractivity contribution in [3.63, 3.8) is 0 Å². The molecule has 0 aliphatic carbocycles. The molecule has 0 radical (unpaired) electrons. The number of nitriles is 1. The summed E-state index contributed by atoms with van der Waals surface area (Å²) in [6, 6.07) is 12.3. The van der Waals surface area contributed by atoms with Crippen LogP contribution >= 0.6 is 11.6 Å². The number of benzene rings is 1. The van der Waals surface area contributed by atoms with E-state index in [0.717, 1.165) is 5.56 Å². The highest BCUT2D eigenvalue weighted by Crippen LogP contribution is 2.25. The molecule has 0 N–H and O–H groups in total. The van der Waals surface area contributed by atoms with E-state index >= 15 is 0 Å². The third-order valence-electron chi connectivity index (χ3n) is 2.37. The first kappa shape index (κ1) is 12.0. The second kappa shape index (κ2) is 5.75. The Morgan fingerprint density at radius 1 is 1.40 bits per heavy atom. The van der Waals surface area contributed by atoms with Crippen LogP contribution in [0.2, 0.25) is 0 Å². The van der Waals surface area contributed by atoms with Gasteiger partial charge in [0.25, 0.3) is 0 Å². The van der Waals surface area contributed by atoms with Gasteiger partial charge in [-0.3, -0.25) is 4.90 Å². The second-order valence-corrected chi connectivity index (χ2v) is 4.29. The zero-order valence-corrected chi connectivity index (χ0v) is 9.78. The largest absolute Gasteiger partial charge is 0.285 e. The van der Waals surface area contributed by atoms with Crippen LogP contribution in [0.4, 0.5) is 0 Å². The quantitative estimate of drug-likeness (QED) is 0.579. The number of hydrogen-bond acceptors (Lipinski definition) is 2. The molecule has 1 aromatic carbocycles. The van der Waals surface area contributed by atoms with E-state index in [0.29, 0.717) is 6.54 Å². The Morgan fingerprint density at radius 2 is 2.00 bits per heavy atom. The van der Waals surface area contributed by atoms with Gasteiger partial charge in [-0.2, -0.15) is 5.26 Å². The van der Waals surface area contributed by atoms with E-state index in [1.807, 2.05) is 49.2 Å². The first-order valence-electron chi connectivity index (χ1n) is 4.93. The molecular weight excluding hydrogens is 208 g/mol. The predicted molar refractivity (Wildman–Crippen MR) is 62.7 cm³/mol. The highest BCUT2D eigenvalue weighted by Gasteiger charge is 2.21. The molecule has 2 nitrogen and oxygen atoms in total. The van der Waals surface area contributed by atoms with Crippen molar-refractivity contribution in [3.8, 4) is 6.07 Å². The molecule has 0 unspecified atom stereocenters. The molecule has 15 heavy (non-hydrogen) atoms.